The Hall–Kier alpha value is -2.26. The van der Waals surface area contributed by atoms with Crippen LogP contribution in [-0.4, -0.2) is 35.8 Å². The summed E-state index contributed by atoms with van der Waals surface area (Å²) >= 11 is 0. The van der Waals surface area contributed by atoms with E-state index in [1.165, 1.54) is 4.90 Å². The van der Waals surface area contributed by atoms with Crippen molar-refractivity contribution in [3.8, 4) is 0 Å². The SMILES string of the molecule is O=C(NC1CCN(C(=O)c2cc(C(F)(F)F)cc(C(F)(F)F)c2)CC1)C1CCCCC1. The summed E-state index contributed by atoms with van der Waals surface area (Å²) in [4.78, 5) is 26.2. The van der Waals surface area contributed by atoms with Crippen molar-refractivity contribution in [3.63, 3.8) is 0 Å². The lowest BCUT2D eigenvalue weighted by Gasteiger charge is -2.33. The van der Waals surface area contributed by atoms with Crippen LogP contribution in [0.2, 0.25) is 0 Å². The molecule has 2 aliphatic rings. The third-order valence-corrected chi connectivity index (χ3v) is 5.94. The average molecular weight is 450 g/mol. The summed E-state index contributed by atoms with van der Waals surface area (Å²) in [5.41, 5.74) is -3.67. The smallest absolute Gasteiger partial charge is 0.353 e. The zero-order valence-electron chi connectivity index (χ0n) is 16.8. The van der Waals surface area contributed by atoms with Gasteiger partial charge in [0, 0.05) is 30.6 Å². The van der Waals surface area contributed by atoms with E-state index in [0.717, 1.165) is 32.1 Å². The van der Waals surface area contributed by atoms with Crippen molar-refractivity contribution in [2.75, 3.05) is 13.1 Å². The van der Waals surface area contributed by atoms with Crippen LogP contribution in [0, 0.1) is 5.92 Å². The number of hydrogen-bond donors (Lipinski definition) is 1. The molecule has 31 heavy (non-hydrogen) atoms. The van der Waals surface area contributed by atoms with Gasteiger partial charge in [0.05, 0.1) is 11.1 Å². The molecular weight excluding hydrogens is 426 g/mol. The lowest BCUT2D eigenvalue weighted by atomic mass is 9.88. The van der Waals surface area contributed by atoms with Gasteiger partial charge in [0.1, 0.15) is 0 Å². The first-order valence-electron chi connectivity index (χ1n) is 10.3. The quantitative estimate of drug-likeness (QED) is 0.657. The molecular formula is C21H24F6N2O2. The number of alkyl halides is 6. The van der Waals surface area contributed by atoms with E-state index >= 15 is 0 Å². The largest absolute Gasteiger partial charge is 0.416 e. The van der Waals surface area contributed by atoms with E-state index in [1.807, 2.05) is 0 Å². The number of amides is 2. The van der Waals surface area contributed by atoms with Crippen molar-refractivity contribution in [2.45, 2.75) is 63.3 Å². The molecule has 0 bridgehead atoms. The number of nitrogens with zero attached hydrogens (tertiary/aromatic N) is 1. The van der Waals surface area contributed by atoms with Crippen LogP contribution >= 0.6 is 0 Å². The lowest BCUT2D eigenvalue weighted by Crippen LogP contribution is -2.48. The Morgan fingerprint density at radius 1 is 0.806 bits per heavy atom. The highest BCUT2D eigenvalue weighted by Gasteiger charge is 2.38. The van der Waals surface area contributed by atoms with E-state index in [-0.39, 0.29) is 37.0 Å². The molecule has 2 fully saturated rings. The first-order valence-corrected chi connectivity index (χ1v) is 10.3. The Balaban J connectivity index is 1.65. The van der Waals surface area contributed by atoms with Gasteiger partial charge in [0.15, 0.2) is 0 Å². The molecule has 1 heterocycles. The molecule has 0 radical (unpaired) electrons. The van der Waals surface area contributed by atoms with Crippen LogP contribution in [0.4, 0.5) is 26.3 Å². The Morgan fingerprint density at radius 3 is 1.81 bits per heavy atom. The molecule has 1 aliphatic heterocycles. The maximum atomic E-state index is 13.0. The molecule has 172 valence electrons. The fraction of sp³-hybridized carbons (Fsp3) is 0.619. The molecule has 2 amide bonds. The second-order valence-electron chi connectivity index (χ2n) is 8.20. The van der Waals surface area contributed by atoms with Gasteiger partial charge in [-0.15, -0.1) is 0 Å². The maximum absolute atomic E-state index is 13.0. The van der Waals surface area contributed by atoms with E-state index in [0.29, 0.717) is 25.0 Å². The van der Waals surface area contributed by atoms with Crippen LogP contribution in [0.1, 0.15) is 66.4 Å². The van der Waals surface area contributed by atoms with Crippen LogP contribution < -0.4 is 5.32 Å². The van der Waals surface area contributed by atoms with Crippen molar-refractivity contribution >= 4 is 11.8 Å². The number of carbonyl (C=O) groups excluding carboxylic acids is 2. The maximum Gasteiger partial charge on any atom is 0.416 e. The van der Waals surface area contributed by atoms with Crippen LogP contribution in [0.3, 0.4) is 0 Å². The zero-order valence-corrected chi connectivity index (χ0v) is 16.8. The van der Waals surface area contributed by atoms with Crippen molar-refractivity contribution in [3.05, 3.63) is 34.9 Å². The molecule has 1 saturated carbocycles. The highest BCUT2D eigenvalue weighted by atomic mass is 19.4. The second kappa shape index (κ2) is 9.08. The minimum absolute atomic E-state index is 0.00378. The molecule has 4 nitrogen and oxygen atoms in total. The fourth-order valence-corrected chi connectivity index (χ4v) is 4.17. The Bertz CT molecular complexity index is 775. The molecule has 0 spiro atoms. The molecule has 1 aromatic carbocycles. The summed E-state index contributed by atoms with van der Waals surface area (Å²) in [6.45, 7) is 0.290. The van der Waals surface area contributed by atoms with Gasteiger partial charge in [-0.25, -0.2) is 0 Å². The van der Waals surface area contributed by atoms with Gasteiger partial charge >= 0.3 is 12.4 Å². The van der Waals surface area contributed by atoms with Gasteiger partial charge in [0.2, 0.25) is 5.91 Å². The molecule has 1 saturated heterocycles. The topological polar surface area (TPSA) is 49.4 Å². The van der Waals surface area contributed by atoms with Gasteiger partial charge in [0.25, 0.3) is 5.91 Å². The Morgan fingerprint density at radius 2 is 1.32 bits per heavy atom. The Kier molecular flexibility index (Phi) is 6.85. The monoisotopic (exact) mass is 450 g/mol. The number of piperidine rings is 1. The fourth-order valence-electron chi connectivity index (χ4n) is 4.17. The first kappa shape index (κ1) is 23.4. The molecule has 0 aromatic heterocycles. The van der Waals surface area contributed by atoms with Crippen LogP contribution in [-0.2, 0) is 17.1 Å². The number of benzene rings is 1. The summed E-state index contributed by atoms with van der Waals surface area (Å²) in [6.07, 6.45) is -4.37. The summed E-state index contributed by atoms with van der Waals surface area (Å²) < 4.78 is 78.2. The summed E-state index contributed by atoms with van der Waals surface area (Å²) in [7, 11) is 0. The van der Waals surface area contributed by atoms with E-state index in [9.17, 15) is 35.9 Å². The number of halogens is 6. The number of nitrogens with one attached hydrogen (secondary N) is 1. The van der Waals surface area contributed by atoms with E-state index in [2.05, 4.69) is 5.32 Å². The number of hydrogen-bond acceptors (Lipinski definition) is 2. The zero-order chi connectivity index (χ0) is 22.8. The molecule has 10 heteroatoms. The minimum Gasteiger partial charge on any atom is -0.353 e. The molecule has 0 atom stereocenters. The standard InChI is InChI=1S/C21H24F6N2O2/c22-20(23,24)15-10-14(11-16(12-15)21(25,26)27)19(31)29-8-6-17(7-9-29)28-18(30)13-4-2-1-3-5-13/h10-13,17H,1-9H2,(H,28,30). The highest BCUT2D eigenvalue weighted by Crippen LogP contribution is 2.36. The summed E-state index contributed by atoms with van der Waals surface area (Å²) in [5, 5.41) is 2.97. The van der Waals surface area contributed by atoms with Gasteiger partial charge < -0.3 is 10.2 Å². The summed E-state index contributed by atoms with van der Waals surface area (Å²) in [6, 6.07) is 0.748. The van der Waals surface area contributed by atoms with Crippen LogP contribution in [0.5, 0.6) is 0 Å². The molecule has 0 unspecified atom stereocenters. The lowest BCUT2D eigenvalue weighted by molar-refractivity contribution is -0.143. The van der Waals surface area contributed by atoms with Gasteiger partial charge in [-0.1, -0.05) is 19.3 Å². The van der Waals surface area contributed by atoms with Crippen molar-refractivity contribution < 1.29 is 35.9 Å². The molecule has 3 rings (SSSR count). The summed E-state index contributed by atoms with van der Waals surface area (Å²) in [5.74, 6) is -0.912. The Labute approximate surface area is 176 Å². The van der Waals surface area contributed by atoms with Crippen LogP contribution in [0.25, 0.3) is 0 Å². The number of likely N-dealkylation sites (tertiary alicyclic amines) is 1. The number of carbonyl (C=O) groups is 2. The van der Waals surface area contributed by atoms with E-state index in [4.69, 9.17) is 0 Å². The average Bonchev–Trinajstić information content (AvgIpc) is 2.73. The number of rotatable bonds is 3. The van der Waals surface area contributed by atoms with Crippen LogP contribution in [0.15, 0.2) is 18.2 Å². The predicted octanol–water partition coefficient (Wildman–Crippen LogP) is 5.03. The molecule has 1 aliphatic carbocycles. The first-order chi connectivity index (χ1) is 14.4. The van der Waals surface area contributed by atoms with Gasteiger partial charge in [-0.05, 0) is 43.9 Å². The predicted molar refractivity (Wildman–Crippen MR) is 100 cm³/mol. The van der Waals surface area contributed by atoms with Gasteiger partial charge in [-0.2, -0.15) is 26.3 Å². The molecule has 1 aromatic rings. The van der Waals surface area contributed by atoms with E-state index in [1.54, 1.807) is 0 Å². The third kappa shape index (κ3) is 5.92. The van der Waals surface area contributed by atoms with Crippen molar-refractivity contribution in [1.82, 2.24) is 10.2 Å². The van der Waals surface area contributed by atoms with Gasteiger partial charge in [-0.3, -0.25) is 9.59 Å². The minimum atomic E-state index is -5.01. The second-order valence-corrected chi connectivity index (χ2v) is 8.20. The normalized spacial score (nSPS) is 19.4. The van der Waals surface area contributed by atoms with E-state index < -0.39 is 35.0 Å². The molecule has 1 N–H and O–H groups in total. The van der Waals surface area contributed by atoms with Crippen molar-refractivity contribution in [1.29, 1.82) is 0 Å². The third-order valence-electron chi connectivity index (χ3n) is 5.94. The van der Waals surface area contributed by atoms with Crippen molar-refractivity contribution in [2.24, 2.45) is 5.92 Å². The highest BCUT2D eigenvalue weighted by molar-refractivity contribution is 5.94.